The molecule has 0 atom stereocenters. The van der Waals surface area contributed by atoms with Gasteiger partial charge in [-0.25, -0.2) is 13.8 Å². The minimum Gasteiger partial charge on any atom is -0.271 e. The van der Waals surface area contributed by atoms with E-state index >= 15 is 0 Å². The van der Waals surface area contributed by atoms with Crippen molar-refractivity contribution in [2.24, 2.45) is 5.10 Å². The van der Waals surface area contributed by atoms with Crippen molar-refractivity contribution >= 4 is 27.3 Å². The third-order valence-electron chi connectivity index (χ3n) is 4.14. The smallest absolute Gasteiger partial charge is 0.271 e. The summed E-state index contributed by atoms with van der Waals surface area (Å²) in [5, 5.41) is 3.94. The molecule has 1 amide bonds. The number of carbonyl (C=O) groups is 1. The van der Waals surface area contributed by atoms with Crippen molar-refractivity contribution < 1.29 is 26.4 Å². The highest BCUT2D eigenvalue weighted by molar-refractivity contribution is 7.92. The number of nitrogens with one attached hydrogen (secondary N) is 1. The second kappa shape index (κ2) is 9.75. The van der Waals surface area contributed by atoms with Crippen LogP contribution < -0.4 is 9.73 Å². The van der Waals surface area contributed by atoms with Crippen molar-refractivity contribution in [2.75, 3.05) is 17.1 Å². The molecule has 0 bridgehead atoms. The molecule has 0 saturated heterocycles. The molecule has 0 aliphatic heterocycles. The van der Waals surface area contributed by atoms with Crippen LogP contribution in [0.1, 0.15) is 24.5 Å². The van der Waals surface area contributed by atoms with E-state index in [1.165, 1.54) is 6.07 Å². The molecule has 2 aromatic carbocycles. The molecule has 2 rings (SSSR count). The van der Waals surface area contributed by atoms with Crippen LogP contribution in [0.2, 0.25) is 0 Å². The van der Waals surface area contributed by atoms with Crippen LogP contribution in [-0.4, -0.2) is 32.8 Å². The molecule has 0 spiro atoms. The van der Waals surface area contributed by atoms with Gasteiger partial charge >= 0.3 is 6.18 Å². The molecule has 0 saturated carbocycles. The van der Waals surface area contributed by atoms with Crippen molar-refractivity contribution in [3.8, 4) is 0 Å². The van der Waals surface area contributed by atoms with E-state index in [4.69, 9.17) is 0 Å². The Balaban J connectivity index is 2.06. The minimum absolute atomic E-state index is 0.257. The molecule has 2 aromatic rings. The molecule has 0 heterocycles. The summed E-state index contributed by atoms with van der Waals surface area (Å²) in [5.41, 5.74) is 2.71. The Labute approximate surface area is 173 Å². The van der Waals surface area contributed by atoms with Gasteiger partial charge in [0.05, 0.1) is 17.5 Å². The molecule has 0 unspecified atom stereocenters. The van der Waals surface area contributed by atoms with E-state index in [-0.39, 0.29) is 5.69 Å². The lowest BCUT2D eigenvalue weighted by Crippen LogP contribution is -2.39. The van der Waals surface area contributed by atoms with Gasteiger partial charge in [0.25, 0.3) is 5.91 Å². The van der Waals surface area contributed by atoms with Gasteiger partial charge in [-0.15, -0.1) is 0 Å². The van der Waals surface area contributed by atoms with Gasteiger partial charge in [0, 0.05) is 5.71 Å². The van der Waals surface area contributed by atoms with Crippen LogP contribution in [0.15, 0.2) is 59.7 Å². The summed E-state index contributed by atoms with van der Waals surface area (Å²) < 4.78 is 63.5. The van der Waals surface area contributed by atoms with Gasteiger partial charge < -0.3 is 0 Å². The number of rotatable bonds is 8. The lowest BCUT2D eigenvalue weighted by atomic mass is 10.1. The number of carbonyl (C=O) groups excluding carboxylic acids is 1. The normalized spacial score (nSPS) is 12.5. The highest BCUT2D eigenvalue weighted by atomic mass is 32.2. The Morgan fingerprint density at radius 2 is 1.77 bits per heavy atom. The molecular weight excluding hydrogens is 419 g/mol. The van der Waals surface area contributed by atoms with Crippen molar-refractivity contribution in [2.45, 2.75) is 25.9 Å². The molecule has 0 aromatic heterocycles. The highest BCUT2D eigenvalue weighted by Crippen LogP contribution is 2.32. The monoisotopic (exact) mass is 441 g/mol. The topological polar surface area (TPSA) is 78.8 Å². The fourth-order valence-electron chi connectivity index (χ4n) is 2.59. The fraction of sp³-hybridized carbons (Fsp3) is 0.300. The fourth-order valence-corrected chi connectivity index (χ4v) is 3.44. The number of halogens is 3. The van der Waals surface area contributed by atoms with E-state index in [1.807, 2.05) is 30.3 Å². The molecule has 0 aliphatic rings. The number of aryl methyl sites for hydroxylation is 1. The lowest BCUT2D eigenvalue weighted by Gasteiger charge is -2.22. The van der Waals surface area contributed by atoms with Crippen LogP contribution >= 0.6 is 0 Å². The second-order valence-electron chi connectivity index (χ2n) is 6.69. The van der Waals surface area contributed by atoms with E-state index in [9.17, 15) is 26.4 Å². The maximum Gasteiger partial charge on any atom is 0.416 e. The van der Waals surface area contributed by atoms with Gasteiger partial charge in [-0.05, 0) is 43.5 Å². The van der Waals surface area contributed by atoms with E-state index in [1.54, 1.807) is 6.92 Å². The van der Waals surface area contributed by atoms with Gasteiger partial charge in [-0.2, -0.15) is 18.3 Å². The zero-order chi connectivity index (χ0) is 22.4. The number of amides is 1. The minimum atomic E-state index is -4.64. The first-order valence-electron chi connectivity index (χ1n) is 8.97. The Kier molecular flexibility index (Phi) is 7.60. The third kappa shape index (κ3) is 7.18. The van der Waals surface area contributed by atoms with Crippen LogP contribution in [0.25, 0.3) is 0 Å². The average Bonchev–Trinajstić information content (AvgIpc) is 2.68. The van der Waals surface area contributed by atoms with Gasteiger partial charge in [0.15, 0.2) is 0 Å². The number of hydrogen-bond acceptors (Lipinski definition) is 4. The predicted octanol–water partition coefficient (Wildman–Crippen LogP) is 3.60. The van der Waals surface area contributed by atoms with Gasteiger partial charge in [-0.1, -0.05) is 36.4 Å². The first-order chi connectivity index (χ1) is 14.0. The Morgan fingerprint density at radius 3 is 2.37 bits per heavy atom. The van der Waals surface area contributed by atoms with Crippen molar-refractivity contribution in [3.63, 3.8) is 0 Å². The van der Waals surface area contributed by atoms with E-state index in [0.717, 1.165) is 24.0 Å². The van der Waals surface area contributed by atoms with Crippen molar-refractivity contribution in [1.29, 1.82) is 0 Å². The maximum atomic E-state index is 12.9. The number of alkyl halides is 3. The maximum absolute atomic E-state index is 12.9. The third-order valence-corrected chi connectivity index (χ3v) is 5.28. The van der Waals surface area contributed by atoms with Crippen LogP contribution in [0.4, 0.5) is 18.9 Å². The molecule has 0 fully saturated rings. The van der Waals surface area contributed by atoms with Gasteiger partial charge in [0.2, 0.25) is 10.0 Å². The number of sulfonamides is 1. The summed E-state index contributed by atoms with van der Waals surface area (Å²) in [6.45, 7) is 1.01. The molecule has 0 radical (unpaired) electrons. The summed E-state index contributed by atoms with van der Waals surface area (Å²) in [6, 6.07) is 13.4. The summed E-state index contributed by atoms with van der Waals surface area (Å²) in [7, 11) is -4.00. The van der Waals surface area contributed by atoms with Crippen molar-refractivity contribution in [3.05, 3.63) is 65.7 Å². The number of hydrogen-bond donors (Lipinski definition) is 1. The summed E-state index contributed by atoms with van der Waals surface area (Å²) >= 11 is 0. The Hall–Kier alpha value is -2.88. The number of anilines is 1. The van der Waals surface area contributed by atoms with Gasteiger partial charge in [-0.3, -0.25) is 9.10 Å². The Bertz CT molecular complexity index is 1010. The number of nitrogens with zero attached hydrogens (tertiary/aromatic N) is 2. The number of benzene rings is 2. The molecule has 162 valence electrons. The SMILES string of the molecule is C/C(CCc1ccccc1)=N/NC(=O)CN(c1cccc(C(F)(F)F)c1)S(C)(=O)=O. The van der Waals surface area contributed by atoms with Gasteiger partial charge in [0.1, 0.15) is 6.54 Å². The summed E-state index contributed by atoms with van der Waals surface area (Å²) in [4.78, 5) is 12.2. The van der Waals surface area contributed by atoms with Crippen LogP contribution in [0.5, 0.6) is 0 Å². The molecule has 0 aliphatic carbocycles. The summed E-state index contributed by atoms with van der Waals surface area (Å²) in [6.07, 6.45) is -2.53. The van der Waals surface area contributed by atoms with E-state index < -0.39 is 34.2 Å². The summed E-state index contributed by atoms with van der Waals surface area (Å²) in [5.74, 6) is -0.767. The van der Waals surface area contributed by atoms with Crippen LogP contribution in [0.3, 0.4) is 0 Å². The molecule has 1 N–H and O–H groups in total. The van der Waals surface area contributed by atoms with Crippen LogP contribution in [0, 0.1) is 0 Å². The largest absolute Gasteiger partial charge is 0.416 e. The van der Waals surface area contributed by atoms with E-state index in [2.05, 4.69) is 10.5 Å². The zero-order valence-electron chi connectivity index (χ0n) is 16.5. The highest BCUT2D eigenvalue weighted by Gasteiger charge is 2.32. The first-order valence-corrected chi connectivity index (χ1v) is 10.8. The predicted molar refractivity (Wildman–Crippen MR) is 110 cm³/mol. The quantitative estimate of drug-likeness (QED) is 0.502. The zero-order valence-corrected chi connectivity index (χ0v) is 17.3. The lowest BCUT2D eigenvalue weighted by molar-refractivity contribution is -0.137. The standard InChI is InChI=1S/C20H22F3N3O3S/c1-15(11-12-16-7-4-3-5-8-16)24-25-19(27)14-26(30(2,28)29)18-10-6-9-17(13-18)20(21,22)23/h3-10,13H,11-12,14H2,1-2H3,(H,25,27)/b24-15-. The molecular formula is C20H22F3N3O3S. The second-order valence-corrected chi connectivity index (χ2v) is 8.59. The Morgan fingerprint density at radius 1 is 1.10 bits per heavy atom. The van der Waals surface area contributed by atoms with Crippen LogP contribution in [-0.2, 0) is 27.4 Å². The van der Waals surface area contributed by atoms with E-state index in [0.29, 0.717) is 28.9 Å². The average molecular weight is 441 g/mol. The number of hydrazone groups is 1. The van der Waals surface area contributed by atoms with Crippen molar-refractivity contribution in [1.82, 2.24) is 5.43 Å². The first kappa shape index (κ1) is 23.4. The molecule has 10 heteroatoms. The molecule has 30 heavy (non-hydrogen) atoms. The molecule has 6 nitrogen and oxygen atoms in total.